The minimum Gasteiger partial charge on any atom is -0.431 e. The van der Waals surface area contributed by atoms with E-state index in [1.165, 1.54) is 6.92 Å². The summed E-state index contributed by atoms with van der Waals surface area (Å²) in [6.45, 7) is 1.40. The van der Waals surface area contributed by atoms with Crippen LogP contribution in [0.25, 0.3) is 0 Å². The van der Waals surface area contributed by atoms with Crippen LogP contribution >= 0.6 is 0 Å². The largest absolute Gasteiger partial charge is 0.431 e. The molecular formula is C11H11NO2. The van der Waals surface area contributed by atoms with Gasteiger partial charge in [-0.25, -0.2) is 4.99 Å². The molecule has 1 unspecified atom stereocenters. The van der Waals surface area contributed by atoms with Crippen LogP contribution in [0.1, 0.15) is 12.5 Å². The van der Waals surface area contributed by atoms with E-state index in [1.807, 2.05) is 30.3 Å². The third-order valence-corrected chi connectivity index (χ3v) is 2.04. The van der Waals surface area contributed by atoms with Gasteiger partial charge in [0.05, 0.1) is 6.21 Å². The zero-order valence-electron chi connectivity index (χ0n) is 7.93. The minimum atomic E-state index is -0.673. The number of carbonyl (C=O) groups excluding carboxylic acids is 1. The molecule has 0 saturated carbocycles. The molecule has 72 valence electrons. The summed E-state index contributed by atoms with van der Waals surface area (Å²) in [5.41, 5.74) is 0.443. The van der Waals surface area contributed by atoms with E-state index in [1.54, 1.807) is 6.21 Å². The molecule has 1 aliphatic heterocycles. The van der Waals surface area contributed by atoms with Gasteiger partial charge in [0, 0.05) is 13.3 Å². The number of rotatable bonds is 3. The number of carbonyl (C=O) groups is 1. The Labute approximate surface area is 82.4 Å². The van der Waals surface area contributed by atoms with E-state index < -0.39 is 5.72 Å². The van der Waals surface area contributed by atoms with Crippen molar-refractivity contribution in [3.05, 3.63) is 35.9 Å². The molecule has 14 heavy (non-hydrogen) atoms. The molecule has 0 N–H and O–H groups in total. The van der Waals surface area contributed by atoms with Crippen molar-refractivity contribution in [3.63, 3.8) is 0 Å². The van der Waals surface area contributed by atoms with E-state index in [0.717, 1.165) is 5.56 Å². The lowest BCUT2D eigenvalue weighted by atomic mass is 10.1. The molecular weight excluding hydrogens is 178 g/mol. The van der Waals surface area contributed by atoms with Gasteiger partial charge in [0.2, 0.25) is 5.72 Å². The van der Waals surface area contributed by atoms with Crippen LogP contribution in [0.15, 0.2) is 35.3 Å². The molecule has 1 aromatic rings. The Kier molecular flexibility index (Phi) is 2.08. The summed E-state index contributed by atoms with van der Waals surface area (Å²) in [5.74, 6) is -0.293. The molecule has 0 spiro atoms. The van der Waals surface area contributed by atoms with Gasteiger partial charge in [-0.05, 0) is 5.56 Å². The molecule has 0 aromatic heterocycles. The van der Waals surface area contributed by atoms with E-state index in [0.29, 0.717) is 6.42 Å². The smallest absolute Gasteiger partial charge is 0.305 e. The summed E-state index contributed by atoms with van der Waals surface area (Å²) < 4.78 is 5.09. The monoisotopic (exact) mass is 189 g/mol. The Balaban J connectivity index is 2.01. The second-order valence-electron chi connectivity index (χ2n) is 3.36. The maximum Gasteiger partial charge on any atom is 0.305 e. The molecule has 0 amide bonds. The van der Waals surface area contributed by atoms with E-state index in [4.69, 9.17) is 4.74 Å². The summed E-state index contributed by atoms with van der Waals surface area (Å²) in [6, 6.07) is 9.86. The topological polar surface area (TPSA) is 38.7 Å². The third kappa shape index (κ3) is 1.99. The third-order valence-electron chi connectivity index (χ3n) is 2.04. The van der Waals surface area contributed by atoms with Gasteiger partial charge in [-0.2, -0.15) is 0 Å². The van der Waals surface area contributed by atoms with Crippen LogP contribution in [0, 0.1) is 0 Å². The van der Waals surface area contributed by atoms with Gasteiger partial charge in [0.1, 0.15) is 0 Å². The quantitative estimate of drug-likeness (QED) is 0.677. The Morgan fingerprint density at radius 1 is 1.43 bits per heavy atom. The van der Waals surface area contributed by atoms with Crippen LogP contribution in [0.5, 0.6) is 0 Å². The van der Waals surface area contributed by atoms with Gasteiger partial charge >= 0.3 is 5.97 Å². The predicted octanol–water partition coefficient (Wildman–Crippen LogP) is 1.57. The van der Waals surface area contributed by atoms with Gasteiger partial charge in [-0.15, -0.1) is 0 Å². The van der Waals surface area contributed by atoms with Crippen molar-refractivity contribution in [1.29, 1.82) is 0 Å². The lowest BCUT2D eigenvalue weighted by Crippen LogP contribution is -2.24. The molecule has 1 atom stereocenters. The highest BCUT2D eigenvalue weighted by atomic mass is 16.6. The zero-order valence-corrected chi connectivity index (χ0v) is 7.93. The number of hydrogen-bond donors (Lipinski definition) is 0. The van der Waals surface area contributed by atoms with Crippen molar-refractivity contribution in [1.82, 2.24) is 0 Å². The van der Waals surface area contributed by atoms with Crippen LogP contribution in [0.3, 0.4) is 0 Å². The second kappa shape index (κ2) is 3.25. The fraction of sp³-hybridized carbons (Fsp3) is 0.273. The van der Waals surface area contributed by atoms with Crippen LogP contribution in [-0.4, -0.2) is 17.9 Å². The van der Waals surface area contributed by atoms with E-state index in [2.05, 4.69) is 4.99 Å². The van der Waals surface area contributed by atoms with Gasteiger partial charge in [0.25, 0.3) is 0 Å². The van der Waals surface area contributed by atoms with Crippen LogP contribution in [0.2, 0.25) is 0 Å². The first-order valence-corrected chi connectivity index (χ1v) is 4.50. The fourth-order valence-electron chi connectivity index (χ4n) is 1.39. The molecule has 2 rings (SSSR count). The van der Waals surface area contributed by atoms with Crippen LogP contribution in [0.4, 0.5) is 0 Å². The average molecular weight is 189 g/mol. The van der Waals surface area contributed by atoms with Crippen LogP contribution in [-0.2, 0) is 16.0 Å². The fourth-order valence-corrected chi connectivity index (χ4v) is 1.39. The van der Waals surface area contributed by atoms with Gasteiger partial charge in [-0.1, -0.05) is 30.3 Å². The predicted molar refractivity (Wildman–Crippen MR) is 53.1 cm³/mol. The van der Waals surface area contributed by atoms with Crippen molar-refractivity contribution < 1.29 is 9.53 Å². The summed E-state index contributed by atoms with van der Waals surface area (Å²) >= 11 is 0. The van der Waals surface area contributed by atoms with E-state index >= 15 is 0 Å². The number of benzene rings is 1. The number of aliphatic imine (C=N–C) groups is 1. The number of hydrogen-bond acceptors (Lipinski definition) is 3. The molecule has 0 fully saturated rings. The average Bonchev–Trinajstić information content (AvgIpc) is 2.85. The highest BCUT2D eigenvalue weighted by Gasteiger charge is 2.40. The van der Waals surface area contributed by atoms with Gasteiger partial charge in [0.15, 0.2) is 0 Å². The van der Waals surface area contributed by atoms with Crippen molar-refractivity contribution in [3.8, 4) is 0 Å². The molecule has 3 nitrogen and oxygen atoms in total. The Morgan fingerprint density at radius 3 is 2.57 bits per heavy atom. The van der Waals surface area contributed by atoms with Gasteiger partial charge < -0.3 is 4.74 Å². The minimum absolute atomic E-state index is 0.293. The van der Waals surface area contributed by atoms with E-state index in [9.17, 15) is 4.79 Å². The SMILES string of the molecule is CC(=O)OC1(Cc2ccccc2)C=N1. The molecule has 1 aliphatic rings. The second-order valence-corrected chi connectivity index (χ2v) is 3.36. The summed E-state index contributed by atoms with van der Waals surface area (Å²) in [7, 11) is 0. The lowest BCUT2D eigenvalue weighted by molar-refractivity contribution is -0.147. The van der Waals surface area contributed by atoms with Crippen molar-refractivity contribution in [2.45, 2.75) is 19.1 Å². The normalized spacial score (nSPS) is 23.2. The first-order valence-electron chi connectivity index (χ1n) is 4.50. The van der Waals surface area contributed by atoms with Crippen molar-refractivity contribution in [2.75, 3.05) is 0 Å². The van der Waals surface area contributed by atoms with Gasteiger partial charge in [-0.3, -0.25) is 4.79 Å². The van der Waals surface area contributed by atoms with E-state index in [-0.39, 0.29) is 5.97 Å². The number of nitrogens with zero attached hydrogens (tertiary/aromatic N) is 1. The highest BCUT2D eigenvalue weighted by molar-refractivity contribution is 5.85. The first-order chi connectivity index (χ1) is 6.70. The molecule has 0 aliphatic carbocycles. The Hall–Kier alpha value is -1.64. The Morgan fingerprint density at radius 2 is 2.07 bits per heavy atom. The molecule has 0 radical (unpaired) electrons. The molecule has 3 heteroatoms. The summed E-state index contributed by atoms with van der Waals surface area (Å²) in [6.07, 6.45) is 2.30. The first kappa shape index (κ1) is 8.94. The summed E-state index contributed by atoms with van der Waals surface area (Å²) in [5, 5.41) is 0. The number of esters is 1. The van der Waals surface area contributed by atoms with Crippen molar-refractivity contribution in [2.24, 2.45) is 4.99 Å². The summed E-state index contributed by atoms with van der Waals surface area (Å²) in [4.78, 5) is 14.8. The number of ether oxygens (including phenoxy) is 1. The molecule has 0 bridgehead atoms. The zero-order chi connectivity index (χ0) is 10.0. The highest BCUT2D eigenvalue weighted by Crippen LogP contribution is 2.27. The van der Waals surface area contributed by atoms with Crippen LogP contribution < -0.4 is 0 Å². The van der Waals surface area contributed by atoms with Crippen molar-refractivity contribution >= 4 is 12.2 Å². The standard InChI is InChI=1S/C11H11NO2/c1-9(13)14-11(8-12-11)7-10-5-3-2-4-6-10/h2-6,8H,7H2,1H3. The molecule has 1 aromatic carbocycles. The lowest BCUT2D eigenvalue weighted by Gasteiger charge is -2.12. The Bertz CT molecular complexity index is 364. The molecule has 0 saturated heterocycles. The maximum atomic E-state index is 10.8. The maximum absolute atomic E-state index is 10.8. The molecule has 1 heterocycles.